The second-order valence-corrected chi connectivity index (χ2v) is 4.23. The number of hydrogen-bond donors (Lipinski definition) is 2. The Kier molecular flexibility index (Phi) is 10.6. The van der Waals surface area contributed by atoms with Crippen LogP contribution >= 0.6 is 24.0 Å². The summed E-state index contributed by atoms with van der Waals surface area (Å²) in [4.78, 5) is 6.46. The van der Waals surface area contributed by atoms with Crippen molar-refractivity contribution < 1.29 is 0 Å². The fraction of sp³-hybridized carbons (Fsp3) is 0.500. The number of nitrogens with one attached hydrogen (secondary N) is 2. The van der Waals surface area contributed by atoms with Crippen LogP contribution in [0.3, 0.4) is 0 Å². The lowest BCUT2D eigenvalue weighted by atomic mass is 10.2. The van der Waals surface area contributed by atoms with Crippen molar-refractivity contribution in [3.63, 3.8) is 0 Å². The Bertz CT molecular complexity index is 354. The van der Waals surface area contributed by atoms with E-state index in [4.69, 9.17) is 0 Å². The monoisotopic (exact) mass is 376 g/mol. The molecule has 0 atom stereocenters. The zero-order valence-corrected chi connectivity index (χ0v) is 14.3. The minimum absolute atomic E-state index is 0. The Balaban J connectivity index is 0.00000324. The second-order valence-electron chi connectivity index (χ2n) is 4.23. The quantitative estimate of drug-likeness (QED) is 0.453. The molecule has 0 bridgehead atoms. The molecular formula is C14H25IN4. The summed E-state index contributed by atoms with van der Waals surface area (Å²) < 4.78 is 0. The molecule has 1 rings (SSSR count). The number of hydrogen-bond acceptors (Lipinski definition) is 2. The normalized spacial score (nSPS) is 11.1. The highest BCUT2D eigenvalue weighted by Crippen LogP contribution is 1.96. The van der Waals surface area contributed by atoms with E-state index in [1.165, 1.54) is 5.56 Å². The Morgan fingerprint density at radius 1 is 1.21 bits per heavy atom. The first-order valence-corrected chi connectivity index (χ1v) is 6.43. The molecule has 0 aliphatic carbocycles. The van der Waals surface area contributed by atoms with Crippen molar-refractivity contribution in [2.24, 2.45) is 4.99 Å². The number of likely N-dealkylation sites (N-methyl/N-ethyl adjacent to an activating group) is 1. The van der Waals surface area contributed by atoms with Crippen molar-refractivity contribution in [2.75, 3.05) is 33.7 Å². The van der Waals surface area contributed by atoms with Crippen LogP contribution in [0.4, 0.5) is 0 Å². The first-order chi connectivity index (χ1) is 8.76. The SMILES string of the molecule is CCN(C)CCNC(=NC)NCc1ccccc1.I. The summed E-state index contributed by atoms with van der Waals surface area (Å²) in [5.74, 6) is 0.850. The molecule has 1 aromatic carbocycles. The van der Waals surface area contributed by atoms with E-state index in [1.54, 1.807) is 7.05 Å². The van der Waals surface area contributed by atoms with E-state index >= 15 is 0 Å². The molecule has 0 saturated carbocycles. The average Bonchev–Trinajstić information content (AvgIpc) is 2.43. The van der Waals surface area contributed by atoms with Gasteiger partial charge in [-0.2, -0.15) is 0 Å². The third-order valence-electron chi connectivity index (χ3n) is 2.85. The predicted molar refractivity (Wildman–Crippen MR) is 93.2 cm³/mol. The lowest BCUT2D eigenvalue weighted by Crippen LogP contribution is -2.40. The van der Waals surface area contributed by atoms with E-state index < -0.39 is 0 Å². The molecule has 0 fully saturated rings. The van der Waals surface area contributed by atoms with Crippen LogP contribution < -0.4 is 10.6 Å². The van der Waals surface area contributed by atoms with Crippen LogP contribution in [-0.2, 0) is 6.54 Å². The van der Waals surface area contributed by atoms with Crippen LogP contribution in [0, 0.1) is 0 Å². The smallest absolute Gasteiger partial charge is 0.191 e. The molecule has 4 nitrogen and oxygen atoms in total. The summed E-state index contributed by atoms with van der Waals surface area (Å²) in [7, 11) is 3.91. The molecule has 0 amide bonds. The lowest BCUT2D eigenvalue weighted by molar-refractivity contribution is 0.357. The van der Waals surface area contributed by atoms with Crippen LogP contribution in [-0.4, -0.2) is 44.6 Å². The van der Waals surface area contributed by atoms with Gasteiger partial charge < -0.3 is 15.5 Å². The highest BCUT2D eigenvalue weighted by atomic mass is 127. The van der Waals surface area contributed by atoms with Gasteiger partial charge in [0.2, 0.25) is 0 Å². The first kappa shape index (κ1) is 18.2. The fourth-order valence-electron chi connectivity index (χ4n) is 1.53. The summed E-state index contributed by atoms with van der Waals surface area (Å²) in [6, 6.07) is 10.3. The van der Waals surface area contributed by atoms with Gasteiger partial charge in [0.1, 0.15) is 0 Å². The topological polar surface area (TPSA) is 39.7 Å². The van der Waals surface area contributed by atoms with Gasteiger partial charge in [0, 0.05) is 26.7 Å². The largest absolute Gasteiger partial charge is 0.355 e. The molecule has 5 heteroatoms. The van der Waals surface area contributed by atoms with Crippen molar-refractivity contribution >= 4 is 29.9 Å². The molecule has 0 heterocycles. The maximum absolute atomic E-state index is 4.20. The minimum atomic E-state index is 0. The van der Waals surface area contributed by atoms with Gasteiger partial charge in [-0.15, -0.1) is 24.0 Å². The summed E-state index contributed by atoms with van der Waals surface area (Å²) in [5, 5.41) is 6.60. The number of halogens is 1. The average molecular weight is 376 g/mol. The summed E-state index contributed by atoms with van der Waals surface area (Å²) >= 11 is 0. The van der Waals surface area contributed by atoms with E-state index in [9.17, 15) is 0 Å². The van der Waals surface area contributed by atoms with Crippen molar-refractivity contribution in [3.05, 3.63) is 35.9 Å². The van der Waals surface area contributed by atoms with Gasteiger partial charge in [0.25, 0.3) is 0 Å². The highest BCUT2D eigenvalue weighted by molar-refractivity contribution is 14.0. The Hall–Kier alpha value is -0.820. The second kappa shape index (κ2) is 11.0. The van der Waals surface area contributed by atoms with Crippen LogP contribution in [0.5, 0.6) is 0 Å². The molecule has 19 heavy (non-hydrogen) atoms. The van der Waals surface area contributed by atoms with Gasteiger partial charge >= 0.3 is 0 Å². The number of aliphatic imine (C=N–C) groups is 1. The van der Waals surface area contributed by atoms with E-state index in [0.717, 1.165) is 32.1 Å². The molecule has 2 N–H and O–H groups in total. The van der Waals surface area contributed by atoms with E-state index in [1.807, 2.05) is 18.2 Å². The lowest BCUT2D eigenvalue weighted by Gasteiger charge is -2.16. The van der Waals surface area contributed by atoms with Gasteiger partial charge in [-0.05, 0) is 19.2 Å². The predicted octanol–water partition coefficient (Wildman–Crippen LogP) is 1.92. The van der Waals surface area contributed by atoms with E-state index in [0.29, 0.717) is 0 Å². The van der Waals surface area contributed by atoms with Gasteiger partial charge in [0.05, 0.1) is 0 Å². The van der Waals surface area contributed by atoms with Crippen LogP contribution in [0.1, 0.15) is 12.5 Å². The molecule has 108 valence electrons. The number of guanidine groups is 1. The van der Waals surface area contributed by atoms with Crippen LogP contribution in [0.25, 0.3) is 0 Å². The van der Waals surface area contributed by atoms with Crippen molar-refractivity contribution in [3.8, 4) is 0 Å². The maximum atomic E-state index is 4.20. The highest BCUT2D eigenvalue weighted by Gasteiger charge is 1.98. The standard InChI is InChI=1S/C14H24N4.HI/c1-4-18(3)11-10-16-14(15-2)17-12-13-8-6-5-7-9-13;/h5-9H,4,10-12H2,1-3H3,(H2,15,16,17);1H. The fourth-order valence-corrected chi connectivity index (χ4v) is 1.53. The van der Waals surface area contributed by atoms with Crippen LogP contribution in [0.15, 0.2) is 35.3 Å². The van der Waals surface area contributed by atoms with Gasteiger partial charge in [-0.25, -0.2) is 0 Å². The number of nitrogens with zero attached hydrogens (tertiary/aromatic N) is 2. The molecule has 0 unspecified atom stereocenters. The van der Waals surface area contributed by atoms with E-state index in [2.05, 4.69) is 46.6 Å². The molecule has 0 radical (unpaired) electrons. The summed E-state index contributed by atoms with van der Waals surface area (Å²) in [6.45, 7) is 5.94. The van der Waals surface area contributed by atoms with Crippen molar-refractivity contribution in [1.82, 2.24) is 15.5 Å². The van der Waals surface area contributed by atoms with Crippen molar-refractivity contribution in [2.45, 2.75) is 13.5 Å². The summed E-state index contributed by atoms with van der Waals surface area (Å²) in [5.41, 5.74) is 1.26. The first-order valence-electron chi connectivity index (χ1n) is 6.43. The minimum Gasteiger partial charge on any atom is -0.355 e. The van der Waals surface area contributed by atoms with Gasteiger partial charge in [-0.1, -0.05) is 37.3 Å². The van der Waals surface area contributed by atoms with Crippen LogP contribution in [0.2, 0.25) is 0 Å². The molecule has 0 saturated heterocycles. The number of rotatable bonds is 6. The Morgan fingerprint density at radius 2 is 1.89 bits per heavy atom. The Morgan fingerprint density at radius 3 is 2.47 bits per heavy atom. The molecule has 0 aliphatic rings. The molecule has 0 aliphatic heterocycles. The Labute approximate surface area is 133 Å². The zero-order valence-electron chi connectivity index (χ0n) is 12.0. The zero-order chi connectivity index (χ0) is 13.2. The number of benzene rings is 1. The van der Waals surface area contributed by atoms with Gasteiger partial charge in [0.15, 0.2) is 5.96 Å². The maximum Gasteiger partial charge on any atom is 0.191 e. The third kappa shape index (κ3) is 8.05. The summed E-state index contributed by atoms with van der Waals surface area (Å²) in [6.07, 6.45) is 0. The van der Waals surface area contributed by atoms with Crippen molar-refractivity contribution in [1.29, 1.82) is 0 Å². The third-order valence-corrected chi connectivity index (χ3v) is 2.85. The molecule has 0 spiro atoms. The molecular weight excluding hydrogens is 351 g/mol. The van der Waals surface area contributed by atoms with Gasteiger partial charge in [-0.3, -0.25) is 4.99 Å². The molecule has 0 aromatic heterocycles. The molecule has 1 aromatic rings. The van der Waals surface area contributed by atoms with E-state index in [-0.39, 0.29) is 24.0 Å².